The van der Waals surface area contributed by atoms with Crippen LogP contribution in [-0.2, 0) is 0 Å². The molecule has 1 atom stereocenters. The number of hydrogen-bond acceptors (Lipinski definition) is 4. The largest absolute Gasteiger partial charge is 0.504 e. The number of anilines is 1. The number of aromatic hydroxyl groups is 1. The Bertz CT molecular complexity index is 317. The van der Waals surface area contributed by atoms with Crippen LogP contribution < -0.4 is 4.90 Å². The molecule has 1 aromatic rings. The third-order valence-electron chi connectivity index (χ3n) is 2.61. The lowest BCUT2D eigenvalue weighted by Crippen LogP contribution is -2.21. The molecule has 1 aromatic heterocycles. The van der Waals surface area contributed by atoms with Crippen LogP contribution in [0.2, 0.25) is 0 Å². The average Bonchev–Trinajstić information content (AvgIpc) is 2.67. The number of pyridine rings is 1. The highest BCUT2D eigenvalue weighted by Crippen LogP contribution is 2.28. The van der Waals surface area contributed by atoms with Gasteiger partial charge in [-0.3, -0.25) is 0 Å². The molecule has 2 N–H and O–H groups in total. The predicted molar refractivity (Wildman–Crippen MR) is 53.3 cm³/mol. The van der Waals surface area contributed by atoms with Gasteiger partial charge in [-0.15, -0.1) is 0 Å². The van der Waals surface area contributed by atoms with Gasteiger partial charge in [-0.05, 0) is 18.6 Å². The van der Waals surface area contributed by atoms with Crippen LogP contribution in [0.3, 0.4) is 0 Å². The molecular formula is C10H14N2O2. The van der Waals surface area contributed by atoms with Crippen molar-refractivity contribution in [2.75, 3.05) is 24.6 Å². The molecule has 2 heterocycles. The SMILES string of the molecule is OCC1CCN(c2ncccc2O)C1. The summed E-state index contributed by atoms with van der Waals surface area (Å²) in [5.41, 5.74) is 0. The van der Waals surface area contributed by atoms with Gasteiger partial charge in [0.05, 0.1) is 0 Å². The number of aromatic nitrogens is 1. The molecule has 2 rings (SSSR count). The van der Waals surface area contributed by atoms with Crippen LogP contribution in [-0.4, -0.2) is 34.9 Å². The van der Waals surface area contributed by atoms with E-state index in [4.69, 9.17) is 5.11 Å². The van der Waals surface area contributed by atoms with E-state index in [1.807, 2.05) is 4.90 Å². The van der Waals surface area contributed by atoms with Crippen LogP contribution in [0.5, 0.6) is 5.75 Å². The van der Waals surface area contributed by atoms with E-state index in [1.54, 1.807) is 18.3 Å². The van der Waals surface area contributed by atoms with Crippen molar-refractivity contribution in [3.63, 3.8) is 0 Å². The van der Waals surface area contributed by atoms with E-state index >= 15 is 0 Å². The van der Waals surface area contributed by atoms with Gasteiger partial charge >= 0.3 is 0 Å². The van der Waals surface area contributed by atoms with E-state index in [2.05, 4.69) is 4.98 Å². The van der Waals surface area contributed by atoms with Crippen LogP contribution in [0.25, 0.3) is 0 Å². The molecule has 4 heteroatoms. The number of aliphatic hydroxyl groups is 1. The molecule has 14 heavy (non-hydrogen) atoms. The molecular weight excluding hydrogens is 180 g/mol. The first-order valence-corrected chi connectivity index (χ1v) is 4.81. The summed E-state index contributed by atoms with van der Waals surface area (Å²) in [6, 6.07) is 3.34. The molecule has 0 bridgehead atoms. The van der Waals surface area contributed by atoms with Crippen molar-refractivity contribution in [3.8, 4) is 5.75 Å². The molecule has 0 aromatic carbocycles. The molecule has 0 saturated carbocycles. The van der Waals surface area contributed by atoms with Crippen LogP contribution in [0.4, 0.5) is 5.82 Å². The summed E-state index contributed by atoms with van der Waals surface area (Å²) in [7, 11) is 0. The lowest BCUT2D eigenvalue weighted by atomic mass is 10.1. The van der Waals surface area contributed by atoms with Crippen molar-refractivity contribution >= 4 is 5.82 Å². The highest BCUT2D eigenvalue weighted by molar-refractivity contribution is 5.51. The Balaban J connectivity index is 2.13. The summed E-state index contributed by atoms with van der Waals surface area (Å²) < 4.78 is 0. The number of aliphatic hydroxyl groups excluding tert-OH is 1. The second kappa shape index (κ2) is 3.84. The van der Waals surface area contributed by atoms with Crippen LogP contribution in [0.15, 0.2) is 18.3 Å². The Morgan fingerprint density at radius 2 is 2.43 bits per heavy atom. The van der Waals surface area contributed by atoms with Crippen LogP contribution in [0, 0.1) is 5.92 Å². The number of nitrogens with zero attached hydrogens (tertiary/aromatic N) is 2. The maximum atomic E-state index is 9.56. The summed E-state index contributed by atoms with van der Waals surface area (Å²) in [4.78, 5) is 6.13. The molecule has 0 aliphatic carbocycles. The summed E-state index contributed by atoms with van der Waals surface area (Å²) >= 11 is 0. The average molecular weight is 194 g/mol. The van der Waals surface area contributed by atoms with E-state index in [1.165, 1.54) is 0 Å². The van der Waals surface area contributed by atoms with Gasteiger partial charge in [0.2, 0.25) is 0 Å². The number of rotatable bonds is 2. The standard InChI is InChI=1S/C10H14N2O2/c13-7-8-3-5-12(6-8)10-9(14)2-1-4-11-10/h1-2,4,8,13-14H,3,5-7H2. The Hall–Kier alpha value is -1.29. The van der Waals surface area contributed by atoms with Gasteiger partial charge in [0.15, 0.2) is 11.6 Å². The van der Waals surface area contributed by atoms with E-state index in [-0.39, 0.29) is 12.4 Å². The van der Waals surface area contributed by atoms with Gasteiger partial charge in [-0.1, -0.05) is 0 Å². The minimum atomic E-state index is 0.212. The fourth-order valence-corrected chi connectivity index (χ4v) is 1.81. The molecule has 1 aliphatic heterocycles. The monoisotopic (exact) mass is 194 g/mol. The molecule has 1 saturated heterocycles. The van der Waals surface area contributed by atoms with Gasteiger partial charge in [-0.2, -0.15) is 0 Å². The van der Waals surface area contributed by atoms with Crippen LogP contribution >= 0.6 is 0 Å². The molecule has 1 fully saturated rings. The molecule has 76 valence electrons. The number of hydrogen-bond donors (Lipinski definition) is 2. The summed E-state index contributed by atoms with van der Waals surface area (Å²) in [6.45, 7) is 1.85. The topological polar surface area (TPSA) is 56.6 Å². The maximum Gasteiger partial charge on any atom is 0.171 e. The molecule has 1 unspecified atom stereocenters. The fourth-order valence-electron chi connectivity index (χ4n) is 1.81. The van der Waals surface area contributed by atoms with Crippen molar-refractivity contribution in [3.05, 3.63) is 18.3 Å². The molecule has 0 amide bonds. The summed E-state index contributed by atoms with van der Waals surface area (Å²) in [5, 5.41) is 18.6. The maximum absolute atomic E-state index is 9.56. The van der Waals surface area contributed by atoms with E-state index in [0.717, 1.165) is 19.5 Å². The first-order chi connectivity index (χ1) is 6.81. The van der Waals surface area contributed by atoms with E-state index in [9.17, 15) is 5.11 Å². The Kier molecular flexibility index (Phi) is 2.54. The Morgan fingerprint density at radius 3 is 3.07 bits per heavy atom. The molecule has 1 aliphatic rings. The van der Waals surface area contributed by atoms with Gasteiger partial charge in [-0.25, -0.2) is 4.98 Å². The van der Waals surface area contributed by atoms with Crippen molar-refractivity contribution in [1.82, 2.24) is 4.98 Å². The third kappa shape index (κ3) is 1.65. The van der Waals surface area contributed by atoms with Crippen molar-refractivity contribution in [2.24, 2.45) is 5.92 Å². The minimum absolute atomic E-state index is 0.212. The highest BCUT2D eigenvalue weighted by Gasteiger charge is 2.24. The normalized spacial score (nSPS) is 21.5. The lowest BCUT2D eigenvalue weighted by molar-refractivity contribution is 0.238. The fraction of sp³-hybridized carbons (Fsp3) is 0.500. The van der Waals surface area contributed by atoms with Crippen LogP contribution in [0.1, 0.15) is 6.42 Å². The van der Waals surface area contributed by atoms with Crippen molar-refractivity contribution in [1.29, 1.82) is 0 Å². The molecule has 0 spiro atoms. The van der Waals surface area contributed by atoms with Gasteiger partial charge < -0.3 is 15.1 Å². The second-order valence-corrected chi connectivity index (χ2v) is 3.63. The van der Waals surface area contributed by atoms with Gasteiger partial charge in [0.1, 0.15) is 0 Å². The minimum Gasteiger partial charge on any atom is -0.504 e. The highest BCUT2D eigenvalue weighted by atomic mass is 16.3. The van der Waals surface area contributed by atoms with Gasteiger partial charge in [0, 0.05) is 31.8 Å². The summed E-state index contributed by atoms with van der Waals surface area (Å²) in [6.07, 6.45) is 2.63. The van der Waals surface area contributed by atoms with Crippen molar-refractivity contribution < 1.29 is 10.2 Å². The zero-order valence-corrected chi connectivity index (χ0v) is 7.93. The first-order valence-electron chi connectivity index (χ1n) is 4.81. The quantitative estimate of drug-likeness (QED) is 0.724. The van der Waals surface area contributed by atoms with Gasteiger partial charge in [0.25, 0.3) is 0 Å². The van der Waals surface area contributed by atoms with E-state index in [0.29, 0.717) is 11.7 Å². The summed E-state index contributed by atoms with van der Waals surface area (Å²) in [5.74, 6) is 1.16. The zero-order valence-electron chi connectivity index (χ0n) is 7.93. The first kappa shape index (κ1) is 9.27. The lowest BCUT2D eigenvalue weighted by Gasteiger charge is -2.17. The van der Waals surface area contributed by atoms with Crippen molar-refractivity contribution in [2.45, 2.75) is 6.42 Å². The second-order valence-electron chi connectivity index (χ2n) is 3.63. The van der Waals surface area contributed by atoms with E-state index < -0.39 is 0 Å². The third-order valence-corrected chi connectivity index (χ3v) is 2.61. The smallest absolute Gasteiger partial charge is 0.171 e. The Labute approximate surface area is 82.8 Å². The molecule has 0 radical (unpaired) electrons. The molecule has 4 nitrogen and oxygen atoms in total. The predicted octanol–water partition coefficient (Wildman–Crippen LogP) is 0.606. The Morgan fingerprint density at radius 1 is 1.57 bits per heavy atom. The zero-order chi connectivity index (χ0) is 9.97.